The molecule has 7 nitrogen and oxygen atoms in total. The van der Waals surface area contributed by atoms with Crippen LogP contribution in [0.15, 0.2) is 18.2 Å². The first-order valence-electron chi connectivity index (χ1n) is 7.81. The van der Waals surface area contributed by atoms with E-state index in [0.717, 1.165) is 5.56 Å². The third kappa shape index (κ3) is 1.79. The van der Waals surface area contributed by atoms with E-state index in [-0.39, 0.29) is 18.6 Å². The monoisotopic (exact) mass is 375 g/mol. The lowest BCUT2D eigenvalue weighted by Crippen LogP contribution is -2.69. The van der Waals surface area contributed by atoms with Gasteiger partial charge in [0.05, 0.1) is 18.0 Å². The van der Waals surface area contributed by atoms with Crippen molar-refractivity contribution in [1.29, 1.82) is 5.26 Å². The zero-order valence-electron chi connectivity index (χ0n) is 13.2. The summed E-state index contributed by atoms with van der Waals surface area (Å²) in [5.41, 5.74) is 0.801. The molecule has 1 spiro atoms. The van der Waals surface area contributed by atoms with E-state index in [1.54, 1.807) is 18.0 Å². The average molecular weight is 375 g/mol. The van der Waals surface area contributed by atoms with Gasteiger partial charge in [0.2, 0.25) is 6.79 Å². The number of ether oxygens (including phenoxy) is 2. The summed E-state index contributed by atoms with van der Waals surface area (Å²) < 4.78 is 10.8. The largest absolute Gasteiger partial charge is 0.454 e. The Morgan fingerprint density at radius 3 is 2.92 bits per heavy atom. The molecule has 0 saturated carbocycles. The standard InChI is InChI=1S/C16H13N3O4S2/c1-18-14-13(20)19-12(8-2-3-10-11(4-8)23-7-22-10)9(6-17)5-16(19,15(18)21)25-24-14/h2-4,9,12,14H,5,7H2,1H3/t9?,12?,14-,16?/m0/s1. The summed E-state index contributed by atoms with van der Waals surface area (Å²) >= 11 is 0. The highest BCUT2D eigenvalue weighted by atomic mass is 33.1. The number of likely N-dealkylation sites (N-methyl/N-ethyl adjacent to an activating group) is 1. The lowest BCUT2D eigenvalue weighted by molar-refractivity contribution is -0.158. The van der Waals surface area contributed by atoms with Crippen LogP contribution in [0.5, 0.6) is 11.5 Å². The second kappa shape index (κ2) is 4.99. The van der Waals surface area contributed by atoms with Crippen LogP contribution in [-0.4, -0.2) is 45.7 Å². The van der Waals surface area contributed by atoms with Crippen LogP contribution in [0, 0.1) is 17.2 Å². The first-order valence-corrected chi connectivity index (χ1v) is 10.0. The van der Waals surface area contributed by atoms with E-state index in [0.29, 0.717) is 17.9 Å². The van der Waals surface area contributed by atoms with Gasteiger partial charge in [-0.25, -0.2) is 0 Å². The van der Waals surface area contributed by atoms with Crippen molar-refractivity contribution in [2.45, 2.75) is 22.7 Å². The topological polar surface area (TPSA) is 82.9 Å². The Bertz CT molecular complexity index is 856. The predicted molar refractivity (Wildman–Crippen MR) is 90.3 cm³/mol. The molecule has 0 aromatic heterocycles. The Hall–Kier alpha value is -2.05. The molecule has 2 amide bonds. The maximum atomic E-state index is 13.0. The molecule has 0 radical (unpaired) electrons. The zero-order chi connectivity index (χ0) is 17.3. The molecule has 0 N–H and O–H groups in total. The molecular formula is C16H13N3O4S2. The van der Waals surface area contributed by atoms with Gasteiger partial charge >= 0.3 is 0 Å². The summed E-state index contributed by atoms with van der Waals surface area (Å²) in [7, 11) is 4.48. The maximum Gasteiger partial charge on any atom is 0.261 e. The molecule has 0 aliphatic carbocycles. The van der Waals surface area contributed by atoms with E-state index in [1.807, 2.05) is 12.1 Å². The van der Waals surface area contributed by atoms with E-state index in [1.165, 1.54) is 26.5 Å². The minimum atomic E-state index is -0.993. The summed E-state index contributed by atoms with van der Waals surface area (Å²) in [5.74, 6) is 0.606. The van der Waals surface area contributed by atoms with E-state index in [2.05, 4.69) is 6.07 Å². The number of carbonyl (C=O) groups excluding carboxylic acids is 2. The normalized spacial score (nSPS) is 35.1. The highest BCUT2D eigenvalue weighted by Crippen LogP contribution is 2.63. The molecule has 1 aromatic rings. The number of hydrogen-bond acceptors (Lipinski definition) is 7. The summed E-state index contributed by atoms with van der Waals surface area (Å²) in [5, 5.41) is 9.18. The van der Waals surface area contributed by atoms with Gasteiger partial charge in [-0.2, -0.15) is 5.26 Å². The number of hydrogen-bond donors (Lipinski definition) is 0. The SMILES string of the molecule is CN1C(=O)C23CC(C#N)C(c4ccc5c(c4)OCO5)N2C(=O)[C@@H]1SS3. The Kier molecular flexibility index (Phi) is 3.04. The predicted octanol–water partition coefficient (Wildman–Crippen LogP) is 1.72. The van der Waals surface area contributed by atoms with Crippen molar-refractivity contribution in [3.05, 3.63) is 23.8 Å². The highest BCUT2D eigenvalue weighted by Gasteiger charge is 2.68. The van der Waals surface area contributed by atoms with Crippen LogP contribution in [0.1, 0.15) is 18.0 Å². The fourth-order valence-electron chi connectivity index (χ4n) is 4.02. The van der Waals surface area contributed by atoms with Crippen LogP contribution in [-0.2, 0) is 9.59 Å². The number of benzene rings is 1. The van der Waals surface area contributed by atoms with Gasteiger partial charge in [0.25, 0.3) is 11.8 Å². The van der Waals surface area contributed by atoms with Gasteiger partial charge in [-0.3, -0.25) is 9.59 Å². The molecule has 5 aliphatic rings. The lowest BCUT2D eigenvalue weighted by atomic mass is 9.94. The van der Waals surface area contributed by atoms with Gasteiger partial charge in [0.15, 0.2) is 21.7 Å². The van der Waals surface area contributed by atoms with Crippen molar-refractivity contribution in [3.8, 4) is 17.6 Å². The first kappa shape index (κ1) is 15.2. The molecule has 4 atom stereocenters. The van der Waals surface area contributed by atoms with E-state index in [9.17, 15) is 14.9 Å². The van der Waals surface area contributed by atoms with Gasteiger partial charge in [-0.1, -0.05) is 27.7 Å². The molecule has 4 fully saturated rings. The first-order chi connectivity index (χ1) is 12.1. The third-order valence-electron chi connectivity index (χ3n) is 5.18. The summed E-state index contributed by atoms with van der Waals surface area (Å²) in [6, 6.07) is 7.31. The molecule has 3 unspecified atom stereocenters. The number of nitriles is 1. The molecule has 1 aromatic carbocycles. The molecule has 2 bridgehead atoms. The van der Waals surface area contributed by atoms with Crippen molar-refractivity contribution >= 4 is 33.4 Å². The van der Waals surface area contributed by atoms with Crippen molar-refractivity contribution in [2.24, 2.45) is 5.92 Å². The number of nitrogens with zero attached hydrogens (tertiary/aromatic N) is 3. The maximum absolute atomic E-state index is 13.0. The Balaban J connectivity index is 1.64. The summed E-state index contributed by atoms with van der Waals surface area (Å²) in [6.07, 6.45) is 0.335. The van der Waals surface area contributed by atoms with Gasteiger partial charge < -0.3 is 19.3 Å². The van der Waals surface area contributed by atoms with Gasteiger partial charge in [-0.05, 0) is 17.7 Å². The van der Waals surface area contributed by atoms with Crippen LogP contribution in [0.25, 0.3) is 0 Å². The lowest BCUT2D eigenvalue weighted by Gasteiger charge is -2.52. The zero-order valence-corrected chi connectivity index (χ0v) is 14.8. The van der Waals surface area contributed by atoms with Gasteiger partial charge in [0, 0.05) is 13.5 Å². The Morgan fingerprint density at radius 1 is 1.32 bits per heavy atom. The fourth-order valence-corrected chi connectivity index (χ4v) is 7.48. The smallest absolute Gasteiger partial charge is 0.261 e. The molecule has 5 aliphatic heterocycles. The fraction of sp³-hybridized carbons (Fsp3) is 0.438. The quantitative estimate of drug-likeness (QED) is 0.691. The molecule has 9 heteroatoms. The molecule has 6 rings (SSSR count). The molecule has 25 heavy (non-hydrogen) atoms. The van der Waals surface area contributed by atoms with Crippen molar-refractivity contribution < 1.29 is 19.1 Å². The molecule has 4 saturated heterocycles. The number of rotatable bonds is 1. The average Bonchev–Trinajstić information content (AvgIpc) is 3.21. The Morgan fingerprint density at radius 2 is 2.12 bits per heavy atom. The molecule has 128 valence electrons. The second-order valence-corrected chi connectivity index (χ2v) is 9.00. The van der Waals surface area contributed by atoms with E-state index >= 15 is 0 Å². The number of amides is 2. The van der Waals surface area contributed by atoms with Gasteiger partial charge in [-0.15, -0.1) is 0 Å². The van der Waals surface area contributed by atoms with Crippen LogP contribution in [0.4, 0.5) is 0 Å². The van der Waals surface area contributed by atoms with Crippen LogP contribution in [0.3, 0.4) is 0 Å². The van der Waals surface area contributed by atoms with E-state index in [4.69, 9.17) is 9.47 Å². The minimum Gasteiger partial charge on any atom is -0.454 e. The summed E-state index contributed by atoms with van der Waals surface area (Å²) in [6.45, 7) is 0.162. The van der Waals surface area contributed by atoms with Crippen molar-refractivity contribution in [1.82, 2.24) is 9.80 Å². The highest BCUT2D eigenvalue weighted by molar-refractivity contribution is 8.78. The van der Waals surface area contributed by atoms with Crippen molar-refractivity contribution in [2.75, 3.05) is 13.8 Å². The minimum absolute atomic E-state index is 0.0932. The Labute approximate surface area is 151 Å². The number of fused-ring (bicyclic) bond motifs is 3. The van der Waals surface area contributed by atoms with E-state index < -0.39 is 22.2 Å². The summed E-state index contributed by atoms with van der Waals surface area (Å²) in [4.78, 5) is 28.1. The van der Waals surface area contributed by atoms with Crippen LogP contribution < -0.4 is 9.47 Å². The van der Waals surface area contributed by atoms with Gasteiger partial charge in [0.1, 0.15) is 0 Å². The van der Waals surface area contributed by atoms with Crippen LogP contribution in [0.2, 0.25) is 0 Å². The number of carbonyl (C=O) groups is 2. The van der Waals surface area contributed by atoms with Crippen LogP contribution >= 0.6 is 21.6 Å². The molecule has 5 heterocycles. The molecular weight excluding hydrogens is 362 g/mol. The second-order valence-electron chi connectivity index (χ2n) is 6.44. The number of piperazine rings is 1. The third-order valence-corrected chi connectivity index (χ3v) is 8.45. The van der Waals surface area contributed by atoms with Crippen molar-refractivity contribution in [3.63, 3.8) is 0 Å².